The van der Waals surface area contributed by atoms with Gasteiger partial charge >= 0.3 is 0 Å². The molecule has 7 heteroatoms. The number of H-pyrrole nitrogens is 1. The van der Waals surface area contributed by atoms with Gasteiger partial charge in [0.15, 0.2) is 5.69 Å². The minimum absolute atomic E-state index is 0.0472. The summed E-state index contributed by atoms with van der Waals surface area (Å²) in [5.41, 5.74) is 1.46. The van der Waals surface area contributed by atoms with Crippen molar-refractivity contribution in [2.24, 2.45) is 5.92 Å². The molecule has 4 heterocycles. The van der Waals surface area contributed by atoms with E-state index in [-0.39, 0.29) is 5.91 Å². The van der Waals surface area contributed by atoms with Gasteiger partial charge < -0.3 is 14.7 Å². The number of aromatic amines is 1. The third kappa shape index (κ3) is 4.95. The van der Waals surface area contributed by atoms with E-state index < -0.39 is 0 Å². The first kappa shape index (κ1) is 21.5. The number of hydrogen-bond donors (Lipinski definition) is 1. The summed E-state index contributed by atoms with van der Waals surface area (Å²) in [4.78, 5) is 22.6. The van der Waals surface area contributed by atoms with E-state index in [4.69, 9.17) is 0 Å². The molecule has 2 aliphatic heterocycles. The van der Waals surface area contributed by atoms with Crippen molar-refractivity contribution in [3.05, 3.63) is 28.8 Å². The Balaban J connectivity index is 1.30. The Morgan fingerprint density at radius 1 is 1.20 bits per heavy atom. The average molecular weight is 430 g/mol. The molecule has 0 unspecified atom stereocenters. The fraction of sp³-hybridized carbons (Fsp3) is 0.652. The second kappa shape index (κ2) is 9.62. The van der Waals surface area contributed by atoms with Crippen LogP contribution in [0.2, 0.25) is 0 Å². The Morgan fingerprint density at radius 3 is 2.57 bits per heavy atom. The highest BCUT2D eigenvalue weighted by Crippen LogP contribution is 2.27. The van der Waals surface area contributed by atoms with E-state index >= 15 is 0 Å². The number of carbonyl (C=O) groups excluding carboxylic acids is 1. The van der Waals surface area contributed by atoms with Gasteiger partial charge in [0.1, 0.15) is 0 Å². The molecule has 164 valence electrons. The van der Waals surface area contributed by atoms with Gasteiger partial charge in [-0.25, -0.2) is 0 Å². The topological polar surface area (TPSA) is 55.5 Å². The van der Waals surface area contributed by atoms with Gasteiger partial charge in [0.2, 0.25) is 0 Å². The molecular weight excluding hydrogens is 394 g/mol. The number of nitrogens with zero attached hydrogens (tertiary/aromatic N) is 4. The van der Waals surface area contributed by atoms with Crippen LogP contribution in [0.4, 0.5) is 0 Å². The molecule has 0 saturated carbocycles. The normalized spacial score (nSPS) is 20.0. The van der Waals surface area contributed by atoms with Gasteiger partial charge in [-0.15, -0.1) is 11.3 Å². The lowest BCUT2D eigenvalue weighted by Gasteiger charge is -2.41. The van der Waals surface area contributed by atoms with Crippen LogP contribution >= 0.6 is 11.3 Å². The zero-order chi connectivity index (χ0) is 21.1. The monoisotopic (exact) mass is 429 g/mol. The highest BCUT2D eigenvalue weighted by Gasteiger charge is 2.29. The number of hydrogen-bond acceptors (Lipinski definition) is 5. The first-order valence-corrected chi connectivity index (χ1v) is 12.2. The Morgan fingerprint density at radius 2 is 1.93 bits per heavy atom. The third-order valence-electron chi connectivity index (χ3n) is 6.80. The summed E-state index contributed by atoms with van der Waals surface area (Å²) in [7, 11) is 2.22. The van der Waals surface area contributed by atoms with Crippen LogP contribution < -0.4 is 0 Å². The molecule has 2 aromatic rings. The SMILES string of the molecule is CCN(CC1CCN(C2CCN(C)CC2)CC1)C(=O)c1cc(-c2ccc(C)s2)[nH]n1. The van der Waals surface area contributed by atoms with Crippen molar-refractivity contribution in [2.75, 3.05) is 46.3 Å². The van der Waals surface area contributed by atoms with Crippen LogP contribution in [0.5, 0.6) is 0 Å². The van der Waals surface area contributed by atoms with Crippen molar-refractivity contribution in [3.8, 4) is 10.6 Å². The van der Waals surface area contributed by atoms with Crippen LogP contribution in [0, 0.1) is 12.8 Å². The van der Waals surface area contributed by atoms with Crippen LogP contribution in [0.25, 0.3) is 10.6 Å². The highest BCUT2D eigenvalue weighted by atomic mass is 32.1. The van der Waals surface area contributed by atoms with Crippen molar-refractivity contribution in [1.29, 1.82) is 0 Å². The predicted octanol–water partition coefficient (Wildman–Crippen LogP) is 3.71. The fourth-order valence-corrected chi connectivity index (χ4v) is 5.66. The molecule has 0 atom stereocenters. The zero-order valence-electron chi connectivity index (χ0n) is 18.6. The summed E-state index contributed by atoms with van der Waals surface area (Å²) in [6.07, 6.45) is 4.98. The summed E-state index contributed by atoms with van der Waals surface area (Å²) >= 11 is 1.72. The molecule has 0 aromatic carbocycles. The second-order valence-corrected chi connectivity index (χ2v) is 10.2. The van der Waals surface area contributed by atoms with Gasteiger partial charge in [-0.05, 0) is 96.9 Å². The molecule has 30 heavy (non-hydrogen) atoms. The number of aryl methyl sites for hydroxylation is 1. The van der Waals surface area contributed by atoms with E-state index in [0.717, 1.165) is 29.7 Å². The zero-order valence-corrected chi connectivity index (χ0v) is 19.4. The molecule has 0 spiro atoms. The van der Waals surface area contributed by atoms with Gasteiger partial charge in [0.25, 0.3) is 5.91 Å². The standard InChI is InChI=1S/C23H35N5OS/c1-4-27(23(29)21-15-20(24-25-21)22-6-5-17(2)30-22)16-18-7-13-28(14-8-18)19-9-11-26(3)12-10-19/h5-6,15,18-19H,4,7-14,16H2,1-3H3,(H,24,25). The molecule has 2 saturated heterocycles. The summed E-state index contributed by atoms with van der Waals surface area (Å²) in [6.45, 7) is 10.5. The summed E-state index contributed by atoms with van der Waals surface area (Å²) < 4.78 is 0. The van der Waals surface area contributed by atoms with Crippen molar-refractivity contribution < 1.29 is 4.79 Å². The molecule has 4 rings (SSSR count). The maximum Gasteiger partial charge on any atom is 0.274 e. The van der Waals surface area contributed by atoms with E-state index in [1.165, 1.54) is 56.7 Å². The van der Waals surface area contributed by atoms with Crippen molar-refractivity contribution >= 4 is 17.2 Å². The average Bonchev–Trinajstić information content (AvgIpc) is 3.42. The van der Waals surface area contributed by atoms with Gasteiger partial charge in [0, 0.05) is 24.0 Å². The van der Waals surface area contributed by atoms with Crippen LogP contribution in [-0.2, 0) is 0 Å². The molecule has 1 amide bonds. The number of amides is 1. The van der Waals surface area contributed by atoms with Gasteiger partial charge in [-0.3, -0.25) is 9.89 Å². The van der Waals surface area contributed by atoms with Crippen LogP contribution in [0.3, 0.4) is 0 Å². The van der Waals surface area contributed by atoms with Gasteiger partial charge in [0.05, 0.1) is 10.6 Å². The molecule has 2 aliphatic rings. The molecule has 0 aliphatic carbocycles. The Hall–Kier alpha value is -1.70. The summed E-state index contributed by atoms with van der Waals surface area (Å²) in [6, 6.07) is 6.84. The number of carbonyl (C=O) groups is 1. The largest absolute Gasteiger partial charge is 0.337 e. The van der Waals surface area contributed by atoms with Gasteiger partial charge in [-0.1, -0.05) is 0 Å². The molecule has 6 nitrogen and oxygen atoms in total. The van der Waals surface area contributed by atoms with Gasteiger partial charge in [-0.2, -0.15) is 5.10 Å². The second-order valence-electron chi connectivity index (χ2n) is 8.93. The number of nitrogens with one attached hydrogen (secondary N) is 1. The predicted molar refractivity (Wildman–Crippen MR) is 123 cm³/mol. The number of piperidine rings is 2. The molecule has 0 radical (unpaired) electrons. The number of likely N-dealkylation sites (tertiary alicyclic amines) is 2. The first-order chi connectivity index (χ1) is 14.5. The molecular formula is C23H35N5OS. The van der Waals surface area contributed by atoms with Crippen LogP contribution in [-0.4, -0.2) is 83.2 Å². The van der Waals surface area contributed by atoms with E-state index in [1.807, 2.05) is 11.0 Å². The maximum atomic E-state index is 13.1. The Bertz CT molecular complexity index is 830. The smallest absolute Gasteiger partial charge is 0.274 e. The van der Waals surface area contributed by atoms with E-state index in [1.54, 1.807) is 11.3 Å². The highest BCUT2D eigenvalue weighted by molar-refractivity contribution is 7.15. The van der Waals surface area contributed by atoms with E-state index in [9.17, 15) is 4.79 Å². The number of aromatic nitrogens is 2. The van der Waals surface area contributed by atoms with Crippen molar-refractivity contribution in [3.63, 3.8) is 0 Å². The maximum absolute atomic E-state index is 13.1. The van der Waals surface area contributed by atoms with Crippen molar-refractivity contribution in [2.45, 2.75) is 45.6 Å². The van der Waals surface area contributed by atoms with E-state index in [0.29, 0.717) is 11.6 Å². The minimum atomic E-state index is 0.0472. The molecule has 1 N–H and O–H groups in total. The molecule has 2 aromatic heterocycles. The lowest BCUT2D eigenvalue weighted by molar-refractivity contribution is 0.0607. The Kier molecular flexibility index (Phi) is 6.91. The summed E-state index contributed by atoms with van der Waals surface area (Å²) in [5.74, 6) is 0.640. The lowest BCUT2D eigenvalue weighted by Crippen LogP contribution is -2.48. The van der Waals surface area contributed by atoms with Crippen LogP contribution in [0.1, 0.15) is 48.0 Å². The number of rotatable bonds is 6. The fourth-order valence-electron chi connectivity index (χ4n) is 4.83. The first-order valence-electron chi connectivity index (χ1n) is 11.4. The Labute approximate surface area is 184 Å². The lowest BCUT2D eigenvalue weighted by atomic mass is 9.93. The molecule has 0 bridgehead atoms. The minimum Gasteiger partial charge on any atom is -0.337 e. The third-order valence-corrected chi connectivity index (χ3v) is 7.84. The van der Waals surface area contributed by atoms with Crippen LogP contribution in [0.15, 0.2) is 18.2 Å². The van der Waals surface area contributed by atoms with Crippen molar-refractivity contribution in [1.82, 2.24) is 24.9 Å². The number of thiophene rings is 1. The van der Waals surface area contributed by atoms with E-state index in [2.05, 4.69) is 53.0 Å². The molecule has 2 fully saturated rings. The quantitative estimate of drug-likeness (QED) is 0.760. The summed E-state index contributed by atoms with van der Waals surface area (Å²) in [5, 5.41) is 7.37.